The summed E-state index contributed by atoms with van der Waals surface area (Å²) in [4.78, 5) is 12.0. The van der Waals surface area contributed by atoms with Gasteiger partial charge in [0.15, 0.2) is 6.10 Å². The van der Waals surface area contributed by atoms with Crippen molar-refractivity contribution in [3.8, 4) is 5.75 Å². The van der Waals surface area contributed by atoms with Gasteiger partial charge in [-0.15, -0.1) is 0 Å². The van der Waals surface area contributed by atoms with Gasteiger partial charge in [-0.3, -0.25) is 4.79 Å². The fourth-order valence-corrected chi connectivity index (χ4v) is 2.05. The molecule has 1 aromatic carbocycles. The fraction of sp³-hybridized carbons (Fsp3) is 0.500. The highest BCUT2D eigenvalue weighted by molar-refractivity contribution is 6.30. The number of aliphatic hydroxyl groups excluding tert-OH is 1. The summed E-state index contributed by atoms with van der Waals surface area (Å²) >= 11 is 5.91. The number of ether oxygens (including phenoxy) is 1. The molecule has 1 unspecified atom stereocenters. The molecule has 1 amide bonds. The number of carbonyl (C=O) groups is 1. The van der Waals surface area contributed by atoms with E-state index in [4.69, 9.17) is 21.4 Å². The van der Waals surface area contributed by atoms with E-state index in [1.165, 1.54) is 0 Å². The number of nitrogens with one attached hydrogen (secondary N) is 1. The van der Waals surface area contributed by atoms with Gasteiger partial charge in [0, 0.05) is 30.0 Å². The summed E-state index contributed by atoms with van der Waals surface area (Å²) in [6, 6.07) is 5.35. The number of amides is 1. The van der Waals surface area contributed by atoms with Crippen molar-refractivity contribution in [2.24, 2.45) is 5.41 Å². The Morgan fingerprint density at radius 2 is 2.32 bits per heavy atom. The average Bonchev–Trinajstić information content (AvgIpc) is 2.79. The van der Waals surface area contributed by atoms with Gasteiger partial charge in [-0.25, -0.2) is 0 Å². The summed E-state index contributed by atoms with van der Waals surface area (Å²) in [6.45, 7) is 4.21. The molecule has 0 aromatic heterocycles. The van der Waals surface area contributed by atoms with Gasteiger partial charge in [-0.05, 0) is 23.8 Å². The first-order valence-electron chi connectivity index (χ1n) is 6.25. The second kappa shape index (κ2) is 5.39. The molecular formula is C14H18ClNO3. The maximum Gasteiger partial charge on any atom is 0.261 e. The third-order valence-electron chi connectivity index (χ3n) is 3.16. The highest BCUT2D eigenvalue weighted by atomic mass is 35.5. The Morgan fingerprint density at radius 1 is 1.58 bits per heavy atom. The monoisotopic (exact) mass is 283 g/mol. The zero-order valence-corrected chi connectivity index (χ0v) is 11.8. The second-order valence-electron chi connectivity index (χ2n) is 5.60. The van der Waals surface area contributed by atoms with Crippen molar-refractivity contribution in [3.63, 3.8) is 0 Å². The normalized spacial score (nSPS) is 17.8. The van der Waals surface area contributed by atoms with E-state index in [0.717, 1.165) is 5.56 Å². The van der Waals surface area contributed by atoms with E-state index in [9.17, 15) is 4.79 Å². The maximum absolute atomic E-state index is 12.0. The third-order valence-corrected chi connectivity index (χ3v) is 3.39. The fourth-order valence-electron chi connectivity index (χ4n) is 1.86. The number of aliphatic hydroxyl groups is 1. The first-order chi connectivity index (χ1) is 8.91. The Morgan fingerprint density at radius 3 is 3.00 bits per heavy atom. The SMILES string of the molecule is CC(C)(CO)CNC(=O)C1Cc2cc(Cl)ccc2O1. The highest BCUT2D eigenvalue weighted by Gasteiger charge is 2.30. The van der Waals surface area contributed by atoms with Crippen molar-refractivity contribution < 1.29 is 14.6 Å². The summed E-state index contributed by atoms with van der Waals surface area (Å²) in [5.41, 5.74) is 0.624. The first-order valence-corrected chi connectivity index (χ1v) is 6.63. The number of hydrogen-bond acceptors (Lipinski definition) is 3. The van der Waals surface area contributed by atoms with Gasteiger partial charge in [-0.2, -0.15) is 0 Å². The van der Waals surface area contributed by atoms with Crippen molar-refractivity contribution >= 4 is 17.5 Å². The van der Waals surface area contributed by atoms with Crippen LogP contribution in [0.1, 0.15) is 19.4 Å². The molecule has 1 heterocycles. The van der Waals surface area contributed by atoms with Crippen LogP contribution in [0, 0.1) is 5.41 Å². The predicted molar refractivity (Wildman–Crippen MR) is 73.4 cm³/mol. The van der Waals surface area contributed by atoms with E-state index in [1.807, 2.05) is 19.9 Å². The third kappa shape index (κ3) is 3.39. The molecule has 0 fully saturated rings. The van der Waals surface area contributed by atoms with Gasteiger partial charge in [0.25, 0.3) is 5.91 Å². The van der Waals surface area contributed by atoms with Crippen LogP contribution in [0.2, 0.25) is 5.02 Å². The van der Waals surface area contributed by atoms with E-state index < -0.39 is 6.10 Å². The first kappa shape index (κ1) is 14.2. The Hall–Kier alpha value is -1.26. The molecule has 2 rings (SSSR count). The molecule has 0 spiro atoms. The van der Waals surface area contributed by atoms with E-state index in [2.05, 4.69) is 5.32 Å². The summed E-state index contributed by atoms with van der Waals surface area (Å²) in [5, 5.41) is 12.6. The molecular weight excluding hydrogens is 266 g/mol. The lowest BCUT2D eigenvalue weighted by molar-refractivity contribution is -0.127. The number of benzene rings is 1. The number of carbonyl (C=O) groups excluding carboxylic acids is 1. The van der Waals surface area contributed by atoms with Crippen molar-refractivity contribution in [2.45, 2.75) is 26.4 Å². The molecule has 0 bridgehead atoms. The lowest BCUT2D eigenvalue weighted by Gasteiger charge is -2.22. The van der Waals surface area contributed by atoms with Crippen LogP contribution in [-0.2, 0) is 11.2 Å². The number of rotatable bonds is 4. The van der Waals surface area contributed by atoms with Crippen LogP contribution in [0.3, 0.4) is 0 Å². The van der Waals surface area contributed by atoms with Crippen LogP contribution < -0.4 is 10.1 Å². The second-order valence-corrected chi connectivity index (χ2v) is 6.04. The van der Waals surface area contributed by atoms with Crippen molar-refractivity contribution in [2.75, 3.05) is 13.2 Å². The smallest absolute Gasteiger partial charge is 0.261 e. The average molecular weight is 284 g/mol. The van der Waals surface area contributed by atoms with Crippen LogP contribution in [0.25, 0.3) is 0 Å². The topological polar surface area (TPSA) is 58.6 Å². The molecule has 1 aromatic rings. The van der Waals surface area contributed by atoms with E-state index >= 15 is 0 Å². The largest absolute Gasteiger partial charge is 0.480 e. The van der Waals surface area contributed by atoms with E-state index in [0.29, 0.717) is 23.7 Å². The molecule has 1 aliphatic heterocycles. The zero-order chi connectivity index (χ0) is 14.0. The van der Waals surface area contributed by atoms with Crippen LogP contribution in [-0.4, -0.2) is 30.3 Å². The van der Waals surface area contributed by atoms with Gasteiger partial charge in [0.1, 0.15) is 5.75 Å². The lowest BCUT2D eigenvalue weighted by atomic mass is 9.95. The summed E-state index contributed by atoms with van der Waals surface area (Å²) in [5.74, 6) is 0.555. The minimum atomic E-state index is -0.511. The Kier molecular flexibility index (Phi) is 4.02. The zero-order valence-electron chi connectivity index (χ0n) is 11.1. The van der Waals surface area contributed by atoms with Crippen molar-refractivity contribution in [3.05, 3.63) is 28.8 Å². The molecule has 0 saturated heterocycles. The minimum Gasteiger partial charge on any atom is -0.480 e. The molecule has 0 saturated carbocycles. The lowest BCUT2D eigenvalue weighted by Crippen LogP contribution is -2.42. The van der Waals surface area contributed by atoms with Crippen molar-refractivity contribution in [1.82, 2.24) is 5.32 Å². The Labute approximate surface area is 117 Å². The maximum atomic E-state index is 12.0. The van der Waals surface area contributed by atoms with Crippen LogP contribution in [0.15, 0.2) is 18.2 Å². The standard InChI is InChI=1S/C14H18ClNO3/c1-14(2,8-17)7-16-13(18)12-6-9-5-10(15)3-4-11(9)19-12/h3-5,12,17H,6-8H2,1-2H3,(H,16,18). The van der Waals surface area contributed by atoms with Crippen LogP contribution >= 0.6 is 11.6 Å². The summed E-state index contributed by atoms with van der Waals surface area (Å²) in [6.07, 6.45) is 0.0179. The molecule has 19 heavy (non-hydrogen) atoms. The molecule has 1 aliphatic rings. The van der Waals surface area contributed by atoms with Crippen molar-refractivity contribution in [1.29, 1.82) is 0 Å². The van der Waals surface area contributed by atoms with Crippen LogP contribution in [0.5, 0.6) is 5.75 Å². The predicted octanol–water partition coefficient (Wildman–Crippen LogP) is 1.78. The molecule has 2 N–H and O–H groups in total. The van der Waals surface area contributed by atoms with Gasteiger partial charge in [0.2, 0.25) is 0 Å². The molecule has 5 heteroatoms. The van der Waals surface area contributed by atoms with Gasteiger partial charge >= 0.3 is 0 Å². The Bertz CT molecular complexity index is 488. The molecule has 1 atom stereocenters. The Balaban J connectivity index is 1.94. The number of halogens is 1. The minimum absolute atomic E-state index is 0.0225. The molecule has 0 radical (unpaired) electrons. The molecule has 104 valence electrons. The molecule has 0 aliphatic carbocycles. The number of hydrogen-bond donors (Lipinski definition) is 2. The van der Waals surface area contributed by atoms with E-state index in [1.54, 1.807) is 12.1 Å². The quantitative estimate of drug-likeness (QED) is 0.885. The highest BCUT2D eigenvalue weighted by Crippen LogP contribution is 2.31. The van der Waals surface area contributed by atoms with Gasteiger partial charge in [-0.1, -0.05) is 25.4 Å². The van der Waals surface area contributed by atoms with E-state index in [-0.39, 0.29) is 17.9 Å². The number of fused-ring (bicyclic) bond motifs is 1. The van der Waals surface area contributed by atoms with Gasteiger partial charge < -0.3 is 15.2 Å². The molecule has 4 nitrogen and oxygen atoms in total. The van der Waals surface area contributed by atoms with Crippen LogP contribution in [0.4, 0.5) is 0 Å². The summed E-state index contributed by atoms with van der Waals surface area (Å²) in [7, 11) is 0. The summed E-state index contributed by atoms with van der Waals surface area (Å²) < 4.78 is 5.59. The van der Waals surface area contributed by atoms with Gasteiger partial charge in [0.05, 0.1) is 0 Å².